The predicted octanol–water partition coefficient (Wildman–Crippen LogP) is 1.83. The summed E-state index contributed by atoms with van der Waals surface area (Å²) in [5.41, 5.74) is 2.92. The molecule has 6 heteroatoms. The molecular weight excluding hydrogens is 252 g/mol. The molecule has 0 saturated carbocycles. The number of rotatable bonds is 2. The Labute approximate surface area is 112 Å². The van der Waals surface area contributed by atoms with E-state index in [1.807, 2.05) is 25.1 Å². The van der Waals surface area contributed by atoms with Crippen LogP contribution >= 0.6 is 24.4 Å². The van der Waals surface area contributed by atoms with E-state index in [1.54, 1.807) is 14.1 Å². The van der Waals surface area contributed by atoms with E-state index in [4.69, 9.17) is 24.4 Å². The van der Waals surface area contributed by atoms with Crippen molar-refractivity contribution in [2.24, 2.45) is 0 Å². The summed E-state index contributed by atoms with van der Waals surface area (Å²) in [7, 11) is 3.55. The van der Waals surface area contributed by atoms with Gasteiger partial charge in [0.2, 0.25) is 0 Å². The quantitative estimate of drug-likeness (QED) is 0.614. The highest BCUT2D eigenvalue weighted by molar-refractivity contribution is 7.80. The fraction of sp³-hybridized carbons (Fsp3) is 0.273. The Hall–Kier alpha value is -1.40. The Morgan fingerprint density at radius 3 is 2.00 bits per heavy atom. The number of hydrogen-bond acceptors (Lipinski definition) is 2. The van der Waals surface area contributed by atoms with E-state index in [0.29, 0.717) is 10.2 Å². The van der Waals surface area contributed by atoms with Gasteiger partial charge in [-0.1, -0.05) is 6.07 Å². The molecule has 1 aromatic rings. The second-order valence-corrected chi connectivity index (χ2v) is 4.27. The Bertz CT molecular complexity index is 431. The molecule has 4 nitrogen and oxygen atoms in total. The summed E-state index contributed by atoms with van der Waals surface area (Å²) in [6.45, 7) is 2.02. The van der Waals surface area contributed by atoms with Crippen LogP contribution in [0.3, 0.4) is 0 Å². The van der Waals surface area contributed by atoms with Crippen LogP contribution in [0, 0.1) is 6.92 Å². The molecule has 0 aliphatic heterocycles. The predicted molar refractivity (Wildman–Crippen MR) is 81.7 cm³/mol. The van der Waals surface area contributed by atoms with Crippen LogP contribution in [-0.2, 0) is 0 Å². The molecular formula is C11H16N4S2. The van der Waals surface area contributed by atoms with Crippen LogP contribution in [-0.4, -0.2) is 24.3 Å². The highest BCUT2D eigenvalue weighted by atomic mass is 32.1. The lowest BCUT2D eigenvalue weighted by Gasteiger charge is -2.15. The first-order chi connectivity index (χ1) is 8.06. The standard InChI is InChI=1S/C11H16N4S2/c1-7-4-5-8(14-10(16)12-2)9(6-7)15-11(17)13-3/h4-6H,1-3H3,(H2,12,14,16)(H2,13,15,17). The van der Waals surface area contributed by atoms with Crippen molar-refractivity contribution in [3.63, 3.8) is 0 Å². The number of benzene rings is 1. The minimum Gasteiger partial charge on any atom is -0.366 e. The summed E-state index contributed by atoms with van der Waals surface area (Å²) in [5, 5.41) is 13.1. The highest BCUT2D eigenvalue weighted by Crippen LogP contribution is 2.22. The molecule has 0 aliphatic carbocycles. The SMILES string of the molecule is CNC(=S)Nc1ccc(C)cc1NC(=S)NC. The molecule has 0 fully saturated rings. The molecule has 0 heterocycles. The monoisotopic (exact) mass is 268 g/mol. The van der Waals surface area contributed by atoms with Gasteiger partial charge in [0.25, 0.3) is 0 Å². The lowest BCUT2D eigenvalue weighted by molar-refractivity contribution is 1.19. The summed E-state index contributed by atoms with van der Waals surface area (Å²) in [5.74, 6) is 0. The van der Waals surface area contributed by atoms with Crippen molar-refractivity contribution in [1.29, 1.82) is 0 Å². The fourth-order valence-corrected chi connectivity index (χ4v) is 1.46. The molecule has 0 radical (unpaired) electrons. The van der Waals surface area contributed by atoms with Crippen LogP contribution in [0.2, 0.25) is 0 Å². The van der Waals surface area contributed by atoms with Crippen molar-refractivity contribution >= 4 is 46.0 Å². The smallest absolute Gasteiger partial charge is 0.170 e. The third-order valence-corrected chi connectivity index (χ3v) is 2.74. The third kappa shape index (κ3) is 4.16. The molecule has 4 N–H and O–H groups in total. The van der Waals surface area contributed by atoms with Gasteiger partial charge < -0.3 is 21.3 Å². The van der Waals surface area contributed by atoms with Gasteiger partial charge >= 0.3 is 0 Å². The highest BCUT2D eigenvalue weighted by Gasteiger charge is 2.05. The average Bonchev–Trinajstić information content (AvgIpc) is 2.32. The Kier molecular flexibility index (Phi) is 5.11. The fourth-order valence-electron chi connectivity index (χ4n) is 1.24. The number of thiocarbonyl (C=S) groups is 2. The molecule has 0 amide bonds. The summed E-state index contributed by atoms with van der Waals surface area (Å²) in [6, 6.07) is 5.97. The van der Waals surface area contributed by atoms with Crippen molar-refractivity contribution in [3.05, 3.63) is 23.8 Å². The minimum atomic E-state index is 0.562. The number of hydrogen-bond donors (Lipinski definition) is 4. The summed E-state index contributed by atoms with van der Waals surface area (Å²) >= 11 is 10.2. The number of anilines is 2. The molecule has 0 saturated heterocycles. The van der Waals surface area contributed by atoms with Crippen molar-refractivity contribution in [2.45, 2.75) is 6.92 Å². The maximum atomic E-state index is 5.08. The Morgan fingerprint density at radius 2 is 1.47 bits per heavy atom. The van der Waals surface area contributed by atoms with Crippen molar-refractivity contribution in [1.82, 2.24) is 10.6 Å². The van der Waals surface area contributed by atoms with Crippen LogP contribution in [0.15, 0.2) is 18.2 Å². The van der Waals surface area contributed by atoms with Crippen LogP contribution in [0.5, 0.6) is 0 Å². The second-order valence-electron chi connectivity index (χ2n) is 3.46. The van der Waals surface area contributed by atoms with Gasteiger partial charge in [0.15, 0.2) is 10.2 Å². The molecule has 0 bridgehead atoms. The van der Waals surface area contributed by atoms with E-state index in [1.165, 1.54) is 0 Å². The van der Waals surface area contributed by atoms with Gasteiger partial charge in [-0.3, -0.25) is 0 Å². The van der Waals surface area contributed by atoms with Gasteiger partial charge in [-0.05, 0) is 49.1 Å². The third-order valence-electron chi connectivity index (χ3n) is 2.13. The molecule has 0 aromatic heterocycles. The largest absolute Gasteiger partial charge is 0.366 e. The zero-order valence-corrected chi connectivity index (χ0v) is 11.7. The topological polar surface area (TPSA) is 48.1 Å². The van der Waals surface area contributed by atoms with Crippen molar-refractivity contribution in [3.8, 4) is 0 Å². The lowest BCUT2D eigenvalue weighted by Crippen LogP contribution is -2.27. The molecule has 0 spiro atoms. The van der Waals surface area contributed by atoms with Crippen LogP contribution in [0.1, 0.15) is 5.56 Å². The molecule has 0 unspecified atom stereocenters. The maximum Gasteiger partial charge on any atom is 0.170 e. The zero-order valence-electron chi connectivity index (χ0n) is 10.0. The van der Waals surface area contributed by atoms with E-state index in [9.17, 15) is 0 Å². The van der Waals surface area contributed by atoms with E-state index >= 15 is 0 Å². The molecule has 1 aromatic carbocycles. The second kappa shape index (κ2) is 6.36. The molecule has 0 aliphatic rings. The first-order valence-electron chi connectivity index (χ1n) is 5.15. The number of nitrogens with one attached hydrogen (secondary N) is 4. The maximum absolute atomic E-state index is 5.08. The normalized spacial score (nSPS) is 9.35. The first kappa shape index (κ1) is 13.7. The lowest BCUT2D eigenvalue weighted by atomic mass is 10.2. The average molecular weight is 268 g/mol. The molecule has 17 heavy (non-hydrogen) atoms. The Balaban J connectivity index is 2.95. The van der Waals surface area contributed by atoms with Gasteiger partial charge in [0.1, 0.15) is 0 Å². The molecule has 1 rings (SSSR count). The van der Waals surface area contributed by atoms with Crippen LogP contribution < -0.4 is 21.3 Å². The summed E-state index contributed by atoms with van der Waals surface area (Å²) in [6.07, 6.45) is 0. The first-order valence-corrected chi connectivity index (χ1v) is 5.96. The number of aryl methyl sites for hydroxylation is 1. The van der Waals surface area contributed by atoms with Crippen molar-refractivity contribution < 1.29 is 0 Å². The van der Waals surface area contributed by atoms with Crippen LogP contribution in [0.4, 0.5) is 11.4 Å². The summed E-state index contributed by atoms with van der Waals surface area (Å²) < 4.78 is 0. The van der Waals surface area contributed by atoms with E-state index in [2.05, 4.69) is 21.3 Å². The minimum absolute atomic E-state index is 0.562. The van der Waals surface area contributed by atoms with E-state index < -0.39 is 0 Å². The summed E-state index contributed by atoms with van der Waals surface area (Å²) in [4.78, 5) is 0. The molecule has 0 atom stereocenters. The van der Waals surface area contributed by atoms with Gasteiger partial charge in [-0.15, -0.1) is 0 Å². The van der Waals surface area contributed by atoms with Gasteiger partial charge in [-0.25, -0.2) is 0 Å². The van der Waals surface area contributed by atoms with Gasteiger partial charge in [0.05, 0.1) is 11.4 Å². The zero-order chi connectivity index (χ0) is 12.8. The van der Waals surface area contributed by atoms with Gasteiger partial charge in [0, 0.05) is 14.1 Å². The van der Waals surface area contributed by atoms with Crippen LogP contribution in [0.25, 0.3) is 0 Å². The molecule has 92 valence electrons. The Morgan fingerprint density at radius 1 is 0.941 bits per heavy atom. The van der Waals surface area contributed by atoms with E-state index in [0.717, 1.165) is 16.9 Å². The van der Waals surface area contributed by atoms with Crippen molar-refractivity contribution in [2.75, 3.05) is 24.7 Å². The van der Waals surface area contributed by atoms with E-state index in [-0.39, 0.29) is 0 Å². The van der Waals surface area contributed by atoms with Gasteiger partial charge in [-0.2, -0.15) is 0 Å².